The molecule has 0 saturated heterocycles. The molecule has 0 atom stereocenters. The van der Waals surface area contributed by atoms with Crippen LogP contribution in [0.5, 0.6) is 17.2 Å². The average Bonchev–Trinajstić information content (AvgIpc) is 3.03. The van der Waals surface area contributed by atoms with E-state index in [1.165, 1.54) is 12.1 Å². The molecule has 29 heavy (non-hydrogen) atoms. The molecule has 0 spiro atoms. The lowest BCUT2D eigenvalue weighted by Crippen LogP contribution is -2.00. The number of carbonyl (C=O) groups excluding carboxylic acids is 1. The van der Waals surface area contributed by atoms with Crippen molar-refractivity contribution in [1.29, 1.82) is 0 Å². The van der Waals surface area contributed by atoms with Crippen LogP contribution < -0.4 is 14.2 Å². The first-order valence-electron chi connectivity index (χ1n) is 9.13. The molecule has 0 aliphatic carbocycles. The van der Waals surface area contributed by atoms with Crippen LogP contribution in [0.4, 0.5) is 4.39 Å². The van der Waals surface area contributed by atoms with Gasteiger partial charge in [0.1, 0.15) is 29.7 Å². The van der Waals surface area contributed by atoms with E-state index in [4.69, 9.17) is 14.2 Å². The van der Waals surface area contributed by atoms with Crippen molar-refractivity contribution >= 4 is 11.9 Å². The SMILES string of the molecule is COc1ccc(/C=C2\Oc3cc(OCc4cccc(F)c4)cc(C)c3C2=O)cc1. The zero-order chi connectivity index (χ0) is 20.4. The maximum Gasteiger partial charge on any atom is 0.232 e. The highest BCUT2D eigenvalue weighted by Crippen LogP contribution is 2.37. The molecule has 1 aliphatic rings. The number of methoxy groups -OCH3 is 1. The largest absolute Gasteiger partial charge is 0.497 e. The Morgan fingerprint density at radius 2 is 1.83 bits per heavy atom. The molecule has 0 radical (unpaired) electrons. The lowest BCUT2D eigenvalue weighted by Gasteiger charge is -2.09. The van der Waals surface area contributed by atoms with Gasteiger partial charge in [0.15, 0.2) is 5.76 Å². The molecule has 3 aromatic carbocycles. The van der Waals surface area contributed by atoms with Crippen LogP contribution in [0.15, 0.2) is 66.4 Å². The Morgan fingerprint density at radius 1 is 1.03 bits per heavy atom. The highest BCUT2D eigenvalue weighted by Gasteiger charge is 2.30. The fourth-order valence-corrected chi connectivity index (χ4v) is 3.21. The van der Waals surface area contributed by atoms with Gasteiger partial charge in [0.2, 0.25) is 5.78 Å². The maximum absolute atomic E-state index is 13.3. The van der Waals surface area contributed by atoms with Crippen LogP contribution in [-0.4, -0.2) is 12.9 Å². The van der Waals surface area contributed by atoms with Crippen molar-refractivity contribution < 1.29 is 23.4 Å². The van der Waals surface area contributed by atoms with E-state index in [9.17, 15) is 9.18 Å². The van der Waals surface area contributed by atoms with E-state index in [1.54, 1.807) is 37.5 Å². The average molecular weight is 390 g/mol. The summed E-state index contributed by atoms with van der Waals surface area (Å²) < 4.78 is 30.1. The fraction of sp³-hybridized carbons (Fsp3) is 0.125. The molecule has 0 unspecified atom stereocenters. The summed E-state index contributed by atoms with van der Waals surface area (Å²) in [6, 6.07) is 17.1. The van der Waals surface area contributed by atoms with Gasteiger partial charge in [0, 0.05) is 6.07 Å². The Kier molecular flexibility index (Phi) is 5.04. The second-order valence-electron chi connectivity index (χ2n) is 6.74. The van der Waals surface area contributed by atoms with E-state index in [0.717, 1.165) is 22.4 Å². The number of benzene rings is 3. The van der Waals surface area contributed by atoms with Crippen LogP contribution >= 0.6 is 0 Å². The highest BCUT2D eigenvalue weighted by molar-refractivity contribution is 6.15. The van der Waals surface area contributed by atoms with Crippen LogP contribution in [0.3, 0.4) is 0 Å². The summed E-state index contributed by atoms with van der Waals surface area (Å²) in [6.07, 6.45) is 1.70. The predicted molar refractivity (Wildman–Crippen MR) is 108 cm³/mol. The number of Topliss-reactive ketones (excluding diaryl/α,β-unsaturated/α-hetero) is 1. The fourth-order valence-electron chi connectivity index (χ4n) is 3.21. The third-order valence-electron chi connectivity index (χ3n) is 4.65. The minimum Gasteiger partial charge on any atom is -0.497 e. The van der Waals surface area contributed by atoms with Crippen molar-refractivity contribution in [3.05, 3.63) is 94.5 Å². The molecule has 146 valence electrons. The standard InChI is InChI=1S/C24H19FO4/c1-15-10-20(28-14-17-4-3-5-18(25)11-17)13-21-23(15)24(26)22(29-21)12-16-6-8-19(27-2)9-7-16/h3-13H,14H2,1-2H3/b22-12-. The quantitative estimate of drug-likeness (QED) is 0.552. The number of ketones is 1. The summed E-state index contributed by atoms with van der Waals surface area (Å²) in [5, 5.41) is 0. The number of fused-ring (bicyclic) bond motifs is 1. The Hall–Kier alpha value is -3.60. The number of aryl methyl sites for hydroxylation is 1. The topological polar surface area (TPSA) is 44.8 Å². The second kappa shape index (κ2) is 7.80. The van der Waals surface area contributed by atoms with Crippen molar-refractivity contribution in [3.63, 3.8) is 0 Å². The van der Waals surface area contributed by atoms with E-state index in [2.05, 4.69) is 0 Å². The molecule has 0 bridgehead atoms. The molecular weight excluding hydrogens is 371 g/mol. The molecule has 4 rings (SSSR count). The van der Waals surface area contributed by atoms with Crippen LogP contribution in [-0.2, 0) is 6.61 Å². The number of hydrogen-bond acceptors (Lipinski definition) is 4. The monoisotopic (exact) mass is 390 g/mol. The van der Waals surface area contributed by atoms with Gasteiger partial charge < -0.3 is 14.2 Å². The normalized spacial score (nSPS) is 13.9. The first-order chi connectivity index (χ1) is 14.0. The Morgan fingerprint density at radius 3 is 2.55 bits per heavy atom. The second-order valence-corrected chi connectivity index (χ2v) is 6.74. The third-order valence-corrected chi connectivity index (χ3v) is 4.65. The van der Waals surface area contributed by atoms with E-state index < -0.39 is 0 Å². The van der Waals surface area contributed by atoms with Crippen molar-refractivity contribution in [2.75, 3.05) is 7.11 Å². The summed E-state index contributed by atoms with van der Waals surface area (Å²) in [7, 11) is 1.60. The van der Waals surface area contributed by atoms with E-state index in [0.29, 0.717) is 17.1 Å². The summed E-state index contributed by atoms with van der Waals surface area (Å²) in [4.78, 5) is 12.8. The smallest absolute Gasteiger partial charge is 0.232 e. The number of rotatable bonds is 5. The molecule has 3 aromatic rings. The van der Waals surface area contributed by atoms with Crippen LogP contribution in [0.2, 0.25) is 0 Å². The van der Waals surface area contributed by atoms with Gasteiger partial charge in [0.05, 0.1) is 12.7 Å². The molecule has 0 N–H and O–H groups in total. The molecule has 0 aromatic heterocycles. The molecule has 4 nitrogen and oxygen atoms in total. The molecular formula is C24H19FO4. The number of halogens is 1. The highest BCUT2D eigenvalue weighted by atomic mass is 19.1. The summed E-state index contributed by atoms with van der Waals surface area (Å²) in [6.45, 7) is 2.06. The Bertz CT molecular complexity index is 1100. The number of allylic oxidation sites excluding steroid dienone is 1. The minimum absolute atomic E-state index is 0.162. The molecule has 1 heterocycles. The van der Waals surface area contributed by atoms with Crippen LogP contribution in [0.1, 0.15) is 27.0 Å². The van der Waals surface area contributed by atoms with Crippen molar-refractivity contribution in [1.82, 2.24) is 0 Å². The summed E-state index contributed by atoms with van der Waals surface area (Å²) in [5.41, 5.74) is 2.85. The van der Waals surface area contributed by atoms with Gasteiger partial charge in [-0.2, -0.15) is 0 Å². The first kappa shape index (κ1) is 18.7. The van der Waals surface area contributed by atoms with Crippen molar-refractivity contribution in [2.24, 2.45) is 0 Å². The zero-order valence-electron chi connectivity index (χ0n) is 16.1. The zero-order valence-corrected chi connectivity index (χ0v) is 16.1. The van der Waals surface area contributed by atoms with Gasteiger partial charge in [0.25, 0.3) is 0 Å². The Balaban J connectivity index is 1.55. The number of ether oxygens (including phenoxy) is 3. The van der Waals surface area contributed by atoms with E-state index in [-0.39, 0.29) is 24.0 Å². The van der Waals surface area contributed by atoms with Gasteiger partial charge in [-0.05, 0) is 60.0 Å². The van der Waals surface area contributed by atoms with Crippen LogP contribution in [0.25, 0.3) is 6.08 Å². The lowest BCUT2D eigenvalue weighted by molar-refractivity contribution is 0.101. The maximum atomic E-state index is 13.3. The first-order valence-corrected chi connectivity index (χ1v) is 9.13. The summed E-state index contributed by atoms with van der Waals surface area (Å²) in [5.74, 6) is 1.55. The van der Waals surface area contributed by atoms with E-state index >= 15 is 0 Å². The number of carbonyl (C=O) groups is 1. The number of hydrogen-bond donors (Lipinski definition) is 0. The van der Waals surface area contributed by atoms with Gasteiger partial charge in [-0.25, -0.2) is 4.39 Å². The van der Waals surface area contributed by atoms with E-state index in [1.807, 2.05) is 31.2 Å². The molecule has 0 fully saturated rings. The molecule has 0 amide bonds. The van der Waals surface area contributed by atoms with Crippen LogP contribution in [0, 0.1) is 12.7 Å². The summed E-state index contributed by atoms with van der Waals surface area (Å²) >= 11 is 0. The van der Waals surface area contributed by atoms with Gasteiger partial charge in [-0.1, -0.05) is 24.3 Å². The minimum atomic E-state index is -0.307. The lowest BCUT2D eigenvalue weighted by atomic mass is 10.0. The molecule has 0 saturated carbocycles. The van der Waals surface area contributed by atoms with Crippen molar-refractivity contribution in [2.45, 2.75) is 13.5 Å². The third kappa shape index (κ3) is 3.99. The van der Waals surface area contributed by atoms with Gasteiger partial charge >= 0.3 is 0 Å². The van der Waals surface area contributed by atoms with Crippen molar-refractivity contribution in [3.8, 4) is 17.2 Å². The molecule has 1 aliphatic heterocycles. The van der Waals surface area contributed by atoms with Gasteiger partial charge in [-0.3, -0.25) is 4.79 Å². The Labute approximate surface area is 168 Å². The molecule has 5 heteroatoms. The van der Waals surface area contributed by atoms with Gasteiger partial charge in [-0.15, -0.1) is 0 Å². The predicted octanol–water partition coefficient (Wildman–Crippen LogP) is 5.34.